The molecule has 1 N–H and O–H groups in total. The van der Waals surface area contributed by atoms with Gasteiger partial charge in [0.1, 0.15) is 30.5 Å². The van der Waals surface area contributed by atoms with E-state index >= 15 is 0 Å². The van der Waals surface area contributed by atoms with Crippen molar-refractivity contribution in [3.05, 3.63) is 118 Å². The molecule has 7 rings (SSSR count). The number of ether oxygens (including phenoxy) is 11. The Morgan fingerprint density at radius 3 is 1.98 bits per heavy atom. The Bertz CT molecular complexity index is 1860. The van der Waals surface area contributed by atoms with Gasteiger partial charge in [0.2, 0.25) is 6.29 Å². The van der Waals surface area contributed by atoms with Gasteiger partial charge in [-0.1, -0.05) is 103 Å². The monoisotopic (exact) mass is 826 g/mol. The molecule has 4 aliphatic rings. The average Bonchev–Trinajstić information content (AvgIpc) is 3.57. The minimum Gasteiger partial charge on any atom is -0.450 e. The van der Waals surface area contributed by atoms with Gasteiger partial charge in [-0.05, 0) is 48.9 Å². The van der Waals surface area contributed by atoms with Gasteiger partial charge in [0.15, 0.2) is 24.3 Å². The Morgan fingerprint density at radius 1 is 0.783 bits per heavy atom. The van der Waals surface area contributed by atoms with Crippen molar-refractivity contribution in [1.29, 1.82) is 5.41 Å². The van der Waals surface area contributed by atoms with Crippen LogP contribution in [0.5, 0.6) is 0 Å². The predicted octanol–water partition coefficient (Wildman–Crippen LogP) is 6.78. The molecule has 3 aromatic rings. The maximum atomic E-state index is 9.61. The van der Waals surface area contributed by atoms with Gasteiger partial charge in [-0.15, -0.1) is 0 Å². The summed E-state index contributed by atoms with van der Waals surface area (Å²) in [4.78, 5) is 3.13. The molecule has 2 radical (unpaired) electrons. The van der Waals surface area contributed by atoms with Gasteiger partial charge in [-0.3, -0.25) is 5.41 Å². The number of nitrogens with one attached hydrogen (secondary N) is 1. The topological polar surface area (TPSA) is 174 Å². The van der Waals surface area contributed by atoms with Crippen LogP contribution in [-0.2, 0) is 71.9 Å². The zero-order chi connectivity index (χ0) is 42.2. The van der Waals surface area contributed by atoms with E-state index in [2.05, 4.69) is 10.0 Å². The Morgan fingerprint density at radius 2 is 1.37 bits per heavy atom. The first-order chi connectivity index (χ1) is 29.0. The van der Waals surface area contributed by atoms with Crippen LogP contribution in [0.4, 0.5) is 0 Å². The molecule has 14 atom stereocenters. The van der Waals surface area contributed by atoms with Gasteiger partial charge in [-0.25, -0.2) is 0 Å². The second-order valence-corrected chi connectivity index (χ2v) is 16.1. The lowest BCUT2D eigenvalue weighted by molar-refractivity contribution is -0.345. The van der Waals surface area contributed by atoms with E-state index in [4.69, 9.17) is 65.4 Å². The highest BCUT2D eigenvalue weighted by Crippen LogP contribution is 2.43. The molecule has 0 bridgehead atoms. The highest BCUT2D eigenvalue weighted by Gasteiger charge is 2.58. The number of hydrogen-bond acceptors (Lipinski definition) is 13. The normalized spacial score (nSPS) is 34.9. The summed E-state index contributed by atoms with van der Waals surface area (Å²) in [6, 6.07) is 28.8. The fourth-order valence-corrected chi connectivity index (χ4v) is 8.17. The van der Waals surface area contributed by atoms with Crippen molar-refractivity contribution in [2.24, 2.45) is 11.0 Å². The van der Waals surface area contributed by atoms with Crippen LogP contribution in [0.15, 0.2) is 96.1 Å². The molecular formula is C44H55BN4O11. The molecule has 9 unspecified atom stereocenters. The van der Waals surface area contributed by atoms with Crippen molar-refractivity contribution < 1.29 is 52.1 Å². The molecule has 3 aromatic carbocycles. The largest absolute Gasteiger partial charge is 0.450 e. The predicted molar refractivity (Wildman–Crippen MR) is 219 cm³/mol. The number of fused-ring (bicyclic) bond motifs is 1. The van der Waals surface area contributed by atoms with E-state index in [1.807, 2.05) is 119 Å². The van der Waals surface area contributed by atoms with Crippen LogP contribution in [0.25, 0.3) is 10.4 Å². The van der Waals surface area contributed by atoms with Crippen LogP contribution >= 0.6 is 0 Å². The van der Waals surface area contributed by atoms with Crippen LogP contribution in [0, 0.1) is 11.3 Å². The van der Waals surface area contributed by atoms with Gasteiger partial charge in [-0.2, -0.15) is 0 Å². The first-order valence-corrected chi connectivity index (χ1v) is 20.5. The fraction of sp³-hybridized carbons (Fsp3) is 0.568. The van der Waals surface area contributed by atoms with E-state index in [0.717, 1.165) is 16.7 Å². The van der Waals surface area contributed by atoms with Crippen molar-refractivity contribution in [3.63, 3.8) is 0 Å². The lowest BCUT2D eigenvalue weighted by Gasteiger charge is -2.48. The number of rotatable bonds is 16. The third-order valence-corrected chi connectivity index (χ3v) is 11.1. The van der Waals surface area contributed by atoms with E-state index in [1.54, 1.807) is 0 Å². The minimum absolute atomic E-state index is 0.0829. The average molecular weight is 827 g/mol. The standard InChI is InChI=1S/C44H55BN4O11/c1-26-35(48-49-47)32(24-50-21-29-15-9-6-10-16-29)56-42(55-28(3)46)36(26)57-43-40-39(59-44(4,5)60-40)37(27(2)54-43)58-41-34(45)38(52-23-31-19-13-8-14-20-31)33(25-53-41)51-22-30-17-11-7-12-18-30/h6-20,26-27,32-43,46H,21-25H2,1-5H3/t26?,27-,32+,33?,34?,35?,36?,37?,38?,39?,40?,41+,42+,43+/m1/s1. The molecule has 0 spiro atoms. The summed E-state index contributed by atoms with van der Waals surface area (Å²) >= 11 is 0. The second kappa shape index (κ2) is 20.3. The lowest BCUT2D eigenvalue weighted by Crippen LogP contribution is -2.62. The quantitative estimate of drug-likeness (QED) is 0.0403. The van der Waals surface area contributed by atoms with Crippen molar-refractivity contribution in [1.82, 2.24) is 0 Å². The van der Waals surface area contributed by atoms with Crippen molar-refractivity contribution in [3.8, 4) is 0 Å². The highest BCUT2D eigenvalue weighted by molar-refractivity contribution is 6.12. The smallest absolute Gasteiger partial charge is 0.228 e. The Labute approximate surface area is 352 Å². The maximum absolute atomic E-state index is 9.61. The number of benzene rings is 3. The van der Waals surface area contributed by atoms with Crippen LogP contribution < -0.4 is 0 Å². The van der Waals surface area contributed by atoms with Gasteiger partial charge >= 0.3 is 0 Å². The zero-order valence-corrected chi connectivity index (χ0v) is 34.7. The third-order valence-electron chi connectivity index (χ3n) is 11.1. The molecule has 4 saturated heterocycles. The Hall–Kier alpha value is -3.90. The lowest BCUT2D eigenvalue weighted by atomic mass is 9.77. The molecule has 320 valence electrons. The van der Waals surface area contributed by atoms with Crippen molar-refractivity contribution in [2.45, 2.75) is 140 Å². The molecule has 0 aromatic heterocycles. The van der Waals surface area contributed by atoms with Gasteiger partial charge in [0.05, 0.1) is 65.2 Å². The van der Waals surface area contributed by atoms with E-state index < -0.39 is 91.3 Å². The van der Waals surface area contributed by atoms with Crippen molar-refractivity contribution >= 4 is 13.7 Å². The maximum Gasteiger partial charge on any atom is 0.228 e. The SMILES string of the molecule is [B]C1C(OCc2ccccc2)C(OCc2ccccc2)CO[C@H]1OC1C2OC(C)(C)OC2[C@H](OC2C(C)C(N=[N+]=[N-])[C@H](COCc3ccccc3)O[C@@H]2OC(C)=N)O[C@@H]1C. The van der Waals surface area contributed by atoms with Crippen LogP contribution in [0.2, 0.25) is 5.82 Å². The molecule has 60 heavy (non-hydrogen) atoms. The third kappa shape index (κ3) is 10.9. The number of hydrogen-bond donors (Lipinski definition) is 1. The first kappa shape index (κ1) is 44.2. The second-order valence-electron chi connectivity index (χ2n) is 16.1. The minimum atomic E-state index is -1.06. The summed E-state index contributed by atoms with van der Waals surface area (Å²) in [6.45, 7) is 10.2. The number of nitrogens with zero attached hydrogens (tertiary/aromatic N) is 3. The summed E-state index contributed by atoms with van der Waals surface area (Å²) in [7, 11) is 6.95. The molecule has 4 heterocycles. The van der Waals surface area contributed by atoms with Crippen molar-refractivity contribution in [2.75, 3.05) is 13.2 Å². The molecular weight excluding hydrogens is 771 g/mol. The van der Waals surface area contributed by atoms with Gasteiger partial charge in [0, 0.05) is 17.7 Å². The summed E-state index contributed by atoms with van der Waals surface area (Å²) in [5.41, 5.74) is 12.6. The summed E-state index contributed by atoms with van der Waals surface area (Å²) in [5, 5.41) is 12.3. The van der Waals surface area contributed by atoms with Gasteiger partial charge in [0.25, 0.3) is 0 Å². The summed E-state index contributed by atoms with van der Waals surface area (Å²) in [6.07, 6.45) is -8.36. The van der Waals surface area contributed by atoms with E-state index in [-0.39, 0.29) is 19.1 Å². The molecule has 15 nitrogen and oxygen atoms in total. The zero-order valence-electron chi connectivity index (χ0n) is 34.7. The molecule has 16 heteroatoms. The molecule has 4 aliphatic heterocycles. The van der Waals surface area contributed by atoms with Crippen LogP contribution in [0.1, 0.15) is 51.3 Å². The Balaban J connectivity index is 1.05. The van der Waals surface area contributed by atoms with Gasteiger partial charge < -0.3 is 52.1 Å². The van der Waals surface area contributed by atoms with E-state index in [9.17, 15) is 5.53 Å². The van der Waals surface area contributed by atoms with Crippen LogP contribution in [-0.4, -0.2) is 106 Å². The van der Waals surface area contributed by atoms with Crippen LogP contribution in [0.3, 0.4) is 0 Å². The van der Waals surface area contributed by atoms with E-state index in [0.29, 0.717) is 19.8 Å². The summed E-state index contributed by atoms with van der Waals surface area (Å²) < 4.78 is 70.3. The first-order valence-electron chi connectivity index (χ1n) is 20.5. The molecule has 0 amide bonds. The summed E-state index contributed by atoms with van der Waals surface area (Å²) in [5.74, 6) is -2.34. The van der Waals surface area contributed by atoms with E-state index in [1.165, 1.54) is 6.92 Å². The fourth-order valence-electron chi connectivity index (χ4n) is 8.17. The Kier molecular flexibility index (Phi) is 15.0. The molecule has 0 saturated carbocycles. The molecule has 4 fully saturated rings. The number of azide groups is 1. The molecule has 0 aliphatic carbocycles. The highest BCUT2D eigenvalue weighted by atomic mass is 16.8.